The maximum absolute atomic E-state index is 11.4. The molecule has 5 atom stereocenters. The maximum Gasteiger partial charge on any atom is 0.356 e. The number of hydrogen-bond acceptors (Lipinski definition) is 11. The van der Waals surface area contributed by atoms with E-state index in [1.54, 1.807) is 13.3 Å². The summed E-state index contributed by atoms with van der Waals surface area (Å²) in [5.74, 6) is -0.623. The average Bonchev–Trinajstić information content (AvgIpc) is 3.53. The zero-order valence-corrected chi connectivity index (χ0v) is 20.2. The number of aliphatic hydroxyl groups is 3. The van der Waals surface area contributed by atoms with E-state index < -0.39 is 51.2 Å². The molecule has 4 rings (SSSR count). The SMILES string of the molecule is COCCc1nc(NC2CCCC2)c2cnn([C@@H]3O[C@H](COC(CO)P(=O)(O)O)[C@@H](O)[C@H]3O)c2n1. The fourth-order valence-electron chi connectivity index (χ4n) is 4.37. The smallest absolute Gasteiger partial charge is 0.356 e. The van der Waals surface area contributed by atoms with Gasteiger partial charge in [-0.3, -0.25) is 4.57 Å². The Morgan fingerprint density at radius 3 is 2.66 bits per heavy atom. The molecular weight excluding hydrogens is 485 g/mol. The molecule has 6 N–H and O–H groups in total. The van der Waals surface area contributed by atoms with E-state index in [1.165, 1.54) is 4.68 Å². The van der Waals surface area contributed by atoms with Gasteiger partial charge in [0.05, 0.1) is 31.4 Å². The minimum Gasteiger partial charge on any atom is -0.393 e. The number of nitrogens with one attached hydrogen (secondary N) is 1. The summed E-state index contributed by atoms with van der Waals surface area (Å²) >= 11 is 0. The first-order chi connectivity index (χ1) is 16.7. The van der Waals surface area contributed by atoms with Gasteiger partial charge in [0, 0.05) is 19.6 Å². The highest BCUT2D eigenvalue weighted by Crippen LogP contribution is 2.42. The van der Waals surface area contributed by atoms with Gasteiger partial charge in [-0.1, -0.05) is 12.8 Å². The van der Waals surface area contributed by atoms with Crippen LogP contribution >= 0.6 is 7.60 Å². The minimum atomic E-state index is -4.72. The Labute approximate surface area is 201 Å². The summed E-state index contributed by atoms with van der Waals surface area (Å²) in [6.07, 6.45) is 1.27. The van der Waals surface area contributed by atoms with Gasteiger partial charge < -0.3 is 44.6 Å². The molecule has 0 radical (unpaired) electrons. The highest BCUT2D eigenvalue weighted by molar-refractivity contribution is 7.52. The molecule has 1 aliphatic heterocycles. The number of aliphatic hydroxyl groups excluding tert-OH is 3. The second-order valence-corrected chi connectivity index (χ2v) is 10.5. The lowest BCUT2D eigenvalue weighted by Gasteiger charge is -2.20. The van der Waals surface area contributed by atoms with Crippen molar-refractivity contribution >= 4 is 24.4 Å². The summed E-state index contributed by atoms with van der Waals surface area (Å²) in [5.41, 5.74) is 0.396. The molecule has 3 heterocycles. The van der Waals surface area contributed by atoms with Crippen LogP contribution < -0.4 is 5.32 Å². The van der Waals surface area contributed by atoms with Gasteiger partial charge in [-0.2, -0.15) is 5.10 Å². The molecule has 196 valence electrons. The van der Waals surface area contributed by atoms with Crippen molar-refractivity contribution in [2.45, 2.75) is 68.5 Å². The number of hydrogen-bond donors (Lipinski definition) is 6. The molecule has 2 fully saturated rings. The Hall–Kier alpha value is -1.74. The number of aromatic nitrogens is 4. The topological polar surface area (TPSA) is 202 Å². The highest BCUT2D eigenvalue weighted by Gasteiger charge is 2.46. The third kappa shape index (κ3) is 5.82. The molecule has 15 heteroatoms. The molecule has 1 saturated heterocycles. The fourth-order valence-corrected chi connectivity index (χ4v) is 4.86. The van der Waals surface area contributed by atoms with Gasteiger partial charge in [-0.05, 0) is 12.8 Å². The maximum atomic E-state index is 11.4. The van der Waals surface area contributed by atoms with Crippen molar-refractivity contribution in [3.63, 3.8) is 0 Å². The van der Waals surface area contributed by atoms with Gasteiger partial charge in [0.2, 0.25) is 0 Å². The monoisotopic (exact) mass is 517 g/mol. The van der Waals surface area contributed by atoms with Crippen molar-refractivity contribution in [2.24, 2.45) is 0 Å². The molecule has 0 aromatic carbocycles. The summed E-state index contributed by atoms with van der Waals surface area (Å²) in [4.78, 5) is 27.7. The molecule has 0 amide bonds. The Kier molecular flexibility index (Phi) is 8.36. The molecule has 1 saturated carbocycles. The molecule has 1 unspecified atom stereocenters. The first-order valence-electron chi connectivity index (χ1n) is 11.5. The Morgan fingerprint density at radius 2 is 2.00 bits per heavy atom. The second-order valence-electron chi connectivity index (χ2n) is 8.79. The molecule has 14 nitrogen and oxygen atoms in total. The van der Waals surface area contributed by atoms with E-state index in [4.69, 9.17) is 14.2 Å². The fraction of sp³-hybridized carbons (Fsp3) is 0.750. The van der Waals surface area contributed by atoms with Crippen molar-refractivity contribution in [3.8, 4) is 0 Å². The Balaban J connectivity index is 1.59. The van der Waals surface area contributed by atoms with E-state index in [1.807, 2.05) is 0 Å². The zero-order valence-electron chi connectivity index (χ0n) is 19.3. The summed E-state index contributed by atoms with van der Waals surface area (Å²) in [5, 5.41) is 38.8. The summed E-state index contributed by atoms with van der Waals surface area (Å²) in [6.45, 7) is -0.970. The quantitative estimate of drug-likeness (QED) is 0.209. The second kappa shape index (κ2) is 11.1. The van der Waals surface area contributed by atoms with Crippen molar-refractivity contribution in [3.05, 3.63) is 12.0 Å². The number of ether oxygens (including phenoxy) is 3. The highest BCUT2D eigenvalue weighted by atomic mass is 31.2. The van der Waals surface area contributed by atoms with Gasteiger partial charge >= 0.3 is 7.60 Å². The van der Waals surface area contributed by atoms with Crippen LogP contribution in [0, 0.1) is 0 Å². The first kappa shape index (κ1) is 26.3. The van der Waals surface area contributed by atoms with Crippen LogP contribution in [0.25, 0.3) is 11.0 Å². The molecule has 1 aliphatic carbocycles. The van der Waals surface area contributed by atoms with E-state index in [0.29, 0.717) is 35.7 Å². The van der Waals surface area contributed by atoms with Crippen LogP contribution in [-0.2, 0) is 25.2 Å². The Morgan fingerprint density at radius 1 is 1.26 bits per heavy atom. The summed E-state index contributed by atoms with van der Waals surface area (Å²) in [7, 11) is -3.14. The minimum absolute atomic E-state index is 0.289. The Bertz CT molecular complexity index is 1040. The third-order valence-corrected chi connectivity index (χ3v) is 7.35. The molecule has 0 bridgehead atoms. The largest absolute Gasteiger partial charge is 0.393 e. The van der Waals surface area contributed by atoms with Crippen molar-refractivity contribution in [1.29, 1.82) is 0 Å². The van der Waals surface area contributed by atoms with Crippen LogP contribution in [0.1, 0.15) is 37.7 Å². The van der Waals surface area contributed by atoms with Gasteiger partial charge in [0.1, 0.15) is 30.0 Å². The molecular formula is C20H32N5O9P. The van der Waals surface area contributed by atoms with Gasteiger partial charge in [-0.15, -0.1) is 0 Å². The van der Waals surface area contributed by atoms with E-state index in [0.717, 1.165) is 25.7 Å². The van der Waals surface area contributed by atoms with Crippen LogP contribution in [-0.4, -0.2) is 102 Å². The standard InChI is InChI=1S/C20H32N5O9P/c1-32-7-6-14-23-18(22-11-4-2-3-5-11)12-8-21-25(19(12)24-14)20-17(28)16(27)13(34-20)10-33-15(9-26)35(29,30)31/h8,11,13,15-17,20,26-28H,2-7,9-10H2,1H3,(H,22,23,24)(H2,29,30,31)/t13-,15?,16-,17-,20-/m1/s1. The van der Waals surface area contributed by atoms with Crippen LogP contribution in [0.5, 0.6) is 0 Å². The van der Waals surface area contributed by atoms with E-state index in [9.17, 15) is 29.7 Å². The number of anilines is 1. The summed E-state index contributed by atoms with van der Waals surface area (Å²) < 4.78 is 28.8. The first-order valence-corrected chi connectivity index (χ1v) is 13.2. The zero-order chi connectivity index (χ0) is 25.2. The molecule has 35 heavy (non-hydrogen) atoms. The van der Waals surface area contributed by atoms with Crippen LogP contribution in [0.2, 0.25) is 0 Å². The van der Waals surface area contributed by atoms with Gasteiger partial charge in [-0.25, -0.2) is 14.6 Å². The van der Waals surface area contributed by atoms with Crippen molar-refractivity contribution in [2.75, 3.05) is 32.2 Å². The van der Waals surface area contributed by atoms with E-state index >= 15 is 0 Å². The number of methoxy groups -OCH3 is 1. The average molecular weight is 517 g/mol. The lowest BCUT2D eigenvalue weighted by atomic mass is 10.1. The normalized spacial score (nSPS) is 26.6. The predicted molar refractivity (Wildman–Crippen MR) is 122 cm³/mol. The van der Waals surface area contributed by atoms with Gasteiger partial charge in [0.15, 0.2) is 17.7 Å². The van der Waals surface area contributed by atoms with E-state index in [-0.39, 0.29) is 6.04 Å². The lowest BCUT2D eigenvalue weighted by molar-refractivity contribution is -0.0807. The van der Waals surface area contributed by atoms with Gasteiger partial charge in [0.25, 0.3) is 0 Å². The third-order valence-electron chi connectivity index (χ3n) is 6.29. The molecule has 2 aromatic rings. The number of nitrogens with zero attached hydrogens (tertiary/aromatic N) is 4. The van der Waals surface area contributed by atoms with E-state index in [2.05, 4.69) is 20.4 Å². The number of rotatable bonds is 11. The predicted octanol–water partition coefficient (Wildman–Crippen LogP) is -0.498. The molecule has 2 aromatic heterocycles. The molecule has 2 aliphatic rings. The van der Waals surface area contributed by atoms with Crippen LogP contribution in [0.15, 0.2) is 6.20 Å². The van der Waals surface area contributed by atoms with Crippen LogP contribution in [0.3, 0.4) is 0 Å². The molecule has 0 spiro atoms. The summed E-state index contributed by atoms with van der Waals surface area (Å²) in [6, 6.07) is 0.289. The lowest BCUT2D eigenvalue weighted by Crippen LogP contribution is -2.35. The number of fused-ring (bicyclic) bond motifs is 1. The van der Waals surface area contributed by atoms with Crippen molar-refractivity contribution in [1.82, 2.24) is 19.7 Å². The van der Waals surface area contributed by atoms with Crippen molar-refractivity contribution < 1.29 is 43.9 Å². The van der Waals surface area contributed by atoms with Crippen LogP contribution in [0.4, 0.5) is 5.82 Å².